The van der Waals surface area contributed by atoms with Crippen LogP contribution in [0.2, 0.25) is 5.15 Å². The van der Waals surface area contributed by atoms with Gasteiger partial charge in [-0.05, 0) is 11.6 Å². The maximum absolute atomic E-state index is 10.2. The fourth-order valence-corrected chi connectivity index (χ4v) is 1.23. The molecule has 1 heterocycles. The number of pyridine rings is 1. The molecular weight excluding hydrogens is 218 g/mol. The van der Waals surface area contributed by atoms with E-state index in [0.29, 0.717) is 5.15 Å². The average Bonchev–Trinajstić information content (AvgIpc) is 2.17. The molecule has 0 saturated heterocycles. The second-order valence-corrected chi connectivity index (χ2v) is 3.54. The molecule has 1 rings (SSSR count). The third kappa shape index (κ3) is 3.28. The number of aromatic nitrogens is 1. The fraction of sp³-hybridized carbons (Fsp3) is 0.333. The lowest BCUT2D eigenvalue weighted by atomic mass is 9.98. The Morgan fingerprint density at radius 2 is 2.40 bits per heavy atom. The van der Waals surface area contributed by atoms with Crippen molar-refractivity contribution in [1.29, 1.82) is 5.41 Å². The molecule has 80 valence electrons. The molecule has 0 amide bonds. The van der Waals surface area contributed by atoms with Gasteiger partial charge in [-0.2, -0.15) is 0 Å². The van der Waals surface area contributed by atoms with Gasteiger partial charge in [0.1, 0.15) is 5.15 Å². The van der Waals surface area contributed by atoms with Crippen LogP contribution >= 0.6 is 11.6 Å². The summed E-state index contributed by atoms with van der Waals surface area (Å²) in [6, 6.07) is 3.32. The highest BCUT2D eigenvalue weighted by molar-refractivity contribution is 6.29. The SMILES string of the molecule is CC(C(=N)C[N+](=O)[O-])c1ccc(Cl)nc1. The van der Waals surface area contributed by atoms with Crippen molar-refractivity contribution in [3.05, 3.63) is 39.2 Å². The summed E-state index contributed by atoms with van der Waals surface area (Å²) in [6.07, 6.45) is 1.53. The van der Waals surface area contributed by atoms with E-state index in [4.69, 9.17) is 17.0 Å². The Kier molecular flexibility index (Phi) is 3.74. The van der Waals surface area contributed by atoms with Crippen LogP contribution in [0.4, 0.5) is 0 Å². The molecule has 1 N–H and O–H groups in total. The topological polar surface area (TPSA) is 79.9 Å². The normalized spacial score (nSPS) is 12.1. The molecule has 0 fully saturated rings. The second-order valence-electron chi connectivity index (χ2n) is 3.15. The summed E-state index contributed by atoms with van der Waals surface area (Å²) in [5, 5.41) is 18.1. The lowest BCUT2D eigenvalue weighted by molar-refractivity contribution is -0.463. The molecule has 5 nitrogen and oxygen atoms in total. The van der Waals surface area contributed by atoms with Crippen molar-refractivity contribution < 1.29 is 4.92 Å². The van der Waals surface area contributed by atoms with E-state index >= 15 is 0 Å². The molecule has 0 bridgehead atoms. The summed E-state index contributed by atoms with van der Waals surface area (Å²) in [7, 11) is 0. The van der Waals surface area contributed by atoms with E-state index < -0.39 is 11.5 Å². The molecule has 1 aromatic rings. The molecule has 0 radical (unpaired) electrons. The van der Waals surface area contributed by atoms with E-state index in [9.17, 15) is 10.1 Å². The van der Waals surface area contributed by atoms with E-state index in [0.717, 1.165) is 5.56 Å². The Morgan fingerprint density at radius 1 is 1.73 bits per heavy atom. The molecule has 0 aromatic carbocycles. The van der Waals surface area contributed by atoms with Crippen molar-refractivity contribution in [2.75, 3.05) is 6.54 Å². The number of hydrogen-bond acceptors (Lipinski definition) is 4. The molecule has 1 unspecified atom stereocenters. The van der Waals surface area contributed by atoms with Crippen LogP contribution in [-0.4, -0.2) is 22.2 Å². The van der Waals surface area contributed by atoms with Crippen LogP contribution in [0, 0.1) is 15.5 Å². The third-order valence-corrected chi connectivity index (χ3v) is 2.30. The van der Waals surface area contributed by atoms with E-state index in [1.165, 1.54) is 6.20 Å². The number of halogens is 1. The van der Waals surface area contributed by atoms with Gasteiger partial charge in [-0.1, -0.05) is 24.6 Å². The Morgan fingerprint density at radius 3 is 2.87 bits per heavy atom. The minimum atomic E-state index is -0.512. The number of nitrogens with zero attached hydrogens (tertiary/aromatic N) is 2. The van der Waals surface area contributed by atoms with Crippen molar-refractivity contribution in [2.45, 2.75) is 12.8 Å². The zero-order valence-corrected chi connectivity index (χ0v) is 8.86. The van der Waals surface area contributed by atoms with Crippen LogP contribution in [0.15, 0.2) is 18.3 Å². The first-order valence-corrected chi connectivity index (χ1v) is 4.69. The van der Waals surface area contributed by atoms with E-state index in [2.05, 4.69) is 4.98 Å². The largest absolute Gasteiger partial charge is 0.302 e. The Hall–Kier alpha value is -1.49. The summed E-state index contributed by atoms with van der Waals surface area (Å²) in [6.45, 7) is 1.29. The quantitative estimate of drug-likeness (QED) is 0.370. The molecule has 0 aliphatic heterocycles. The lowest BCUT2D eigenvalue weighted by Gasteiger charge is -2.09. The summed E-state index contributed by atoms with van der Waals surface area (Å²) in [5.41, 5.74) is 0.815. The summed E-state index contributed by atoms with van der Waals surface area (Å²) in [5.74, 6) is -0.305. The van der Waals surface area contributed by atoms with Crippen molar-refractivity contribution in [3.8, 4) is 0 Å². The van der Waals surface area contributed by atoms with E-state index in [1.807, 2.05) is 0 Å². The van der Waals surface area contributed by atoms with Gasteiger partial charge in [0.2, 0.25) is 6.54 Å². The lowest BCUT2D eigenvalue weighted by Crippen LogP contribution is -2.18. The van der Waals surface area contributed by atoms with Gasteiger partial charge in [0.05, 0.1) is 5.71 Å². The van der Waals surface area contributed by atoms with Crippen molar-refractivity contribution in [3.63, 3.8) is 0 Å². The predicted molar refractivity (Wildman–Crippen MR) is 57.3 cm³/mol. The third-order valence-electron chi connectivity index (χ3n) is 2.07. The van der Waals surface area contributed by atoms with Gasteiger partial charge >= 0.3 is 0 Å². The molecule has 1 aromatic heterocycles. The van der Waals surface area contributed by atoms with Crippen LogP contribution in [0.25, 0.3) is 0 Å². The smallest absolute Gasteiger partial charge is 0.241 e. The number of nitrogens with one attached hydrogen (secondary N) is 1. The average molecular weight is 228 g/mol. The second kappa shape index (κ2) is 4.84. The first-order valence-electron chi connectivity index (χ1n) is 4.31. The van der Waals surface area contributed by atoms with Crippen LogP contribution in [0.3, 0.4) is 0 Å². The van der Waals surface area contributed by atoms with Crippen molar-refractivity contribution >= 4 is 17.3 Å². The Bertz CT molecular complexity index is 377. The Labute approximate surface area is 91.8 Å². The van der Waals surface area contributed by atoms with Crippen LogP contribution < -0.4 is 0 Å². The predicted octanol–water partition coefficient (Wildman–Crippen LogP) is 2.13. The van der Waals surface area contributed by atoms with Gasteiger partial charge < -0.3 is 5.41 Å². The molecule has 0 aliphatic rings. The highest BCUT2D eigenvalue weighted by atomic mass is 35.5. The standard InChI is InChI=1S/C9H10ClN3O2/c1-6(8(11)5-13(14)15)7-2-3-9(10)12-4-7/h2-4,6,11H,5H2,1H3. The monoisotopic (exact) mass is 227 g/mol. The molecule has 0 saturated carbocycles. The molecule has 0 aliphatic carbocycles. The Balaban J connectivity index is 2.76. The van der Waals surface area contributed by atoms with Gasteiger partial charge in [-0.3, -0.25) is 10.1 Å². The molecular formula is C9H10ClN3O2. The maximum Gasteiger partial charge on any atom is 0.241 e. The zero-order valence-electron chi connectivity index (χ0n) is 8.11. The molecule has 0 spiro atoms. The van der Waals surface area contributed by atoms with Gasteiger partial charge in [-0.15, -0.1) is 0 Å². The minimum absolute atomic E-state index is 0.0594. The molecule has 15 heavy (non-hydrogen) atoms. The first-order chi connectivity index (χ1) is 7.00. The highest BCUT2D eigenvalue weighted by Crippen LogP contribution is 2.17. The van der Waals surface area contributed by atoms with Crippen LogP contribution in [-0.2, 0) is 0 Å². The van der Waals surface area contributed by atoms with Crippen molar-refractivity contribution in [1.82, 2.24) is 4.98 Å². The van der Waals surface area contributed by atoms with Gasteiger partial charge in [0.15, 0.2) is 0 Å². The molecule has 1 atom stereocenters. The fourth-order valence-electron chi connectivity index (χ4n) is 1.12. The zero-order chi connectivity index (χ0) is 11.4. The summed E-state index contributed by atoms with van der Waals surface area (Å²) >= 11 is 5.61. The maximum atomic E-state index is 10.2. The number of rotatable bonds is 4. The minimum Gasteiger partial charge on any atom is -0.302 e. The summed E-state index contributed by atoms with van der Waals surface area (Å²) < 4.78 is 0. The number of nitro groups is 1. The van der Waals surface area contributed by atoms with Crippen LogP contribution in [0.5, 0.6) is 0 Å². The van der Waals surface area contributed by atoms with Gasteiger partial charge in [0.25, 0.3) is 0 Å². The summed E-state index contributed by atoms with van der Waals surface area (Å²) in [4.78, 5) is 13.6. The van der Waals surface area contributed by atoms with E-state index in [-0.39, 0.29) is 11.6 Å². The van der Waals surface area contributed by atoms with Crippen LogP contribution in [0.1, 0.15) is 18.4 Å². The highest BCUT2D eigenvalue weighted by Gasteiger charge is 2.16. The first kappa shape index (κ1) is 11.6. The molecule has 6 heteroatoms. The van der Waals surface area contributed by atoms with E-state index in [1.54, 1.807) is 19.1 Å². The van der Waals surface area contributed by atoms with Crippen molar-refractivity contribution in [2.24, 2.45) is 0 Å². The van der Waals surface area contributed by atoms with Gasteiger partial charge in [-0.25, -0.2) is 4.98 Å². The van der Waals surface area contributed by atoms with Gasteiger partial charge in [0, 0.05) is 17.0 Å². The number of hydrogen-bond donors (Lipinski definition) is 1.